The van der Waals surface area contributed by atoms with E-state index < -0.39 is 23.9 Å². The fourth-order valence-electron chi connectivity index (χ4n) is 5.34. The second kappa shape index (κ2) is 11.7. The number of piperazine rings is 1. The summed E-state index contributed by atoms with van der Waals surface area (Å²) in [5, 5.41) is 7.23. The molecule has 17 heteroatoms. The molecule has 0 amide bonds. The molecule has 0 spiro atoms. The molecule has 2 saturated heterocycles. The van der Waals surface area contributed by atoms with Crippen molar-refractivity contribution in [2.24, 2.45) is 0 Å². The van der Waals surface area contributed by atoms with Gasteiger partial charge in [-0.1, -0.05) is 11.3 Å². The number of nitrogens with one attached hydrogen (secondary N) is 1. The fraction of sp³-hybridized carbons (Fsp3) is 0.385. The van der Waals surface area contributed by atoms with E-state index in [9.17, 15) is 18.0 Å². The maximum Gasteiger partial charge on any atom is 0.309 e. The third kappa shape index (κ3) is 5.39. The molecule has 1 aromatic carbocycles. The zero-order valence-electron chi connectivity index (χ0n) is 22.6. The standard InChI is InChI=1S/C26H26F3N9O3S.ClH/c27-14-10-15(28)19(41-20-13-31-12-16(20)29)11-17(14)36-6-3-35(4-7-36)5-8-37-23-21(42-26(37)39)24-32-22(18-2-1-9-40-18)34-38(24)25(30)33-23;/h1-2,9-11,16,20,31H,3-8,12-13H2,(H2,30,33);1H/t16-,20-;/m0./s1. The normalized spacial score (nSPS) is 19.4. The van der Waals surface area contributed by atoms with Gasteiger partial charge in [-0.3, -0.25) is 14.3 Å². The summed E-state index contributed by atoms with van der Waals surface area (Å²) in [6, 6.07) is 5.55. The minimum absolute atomic E-state index is 0. The van der Waals surface area contributed by atoms with E-state index in [1.807, 2.05) is 4.90 Å². The highest BCUT2D eigenvalue weighted by atomic mass is 35.5. The van der Waals surface area contributed by atoms with Crippen molar-refractivity contribution in [1.29, 1.82) is 0 Å². The van der Waals surface area contributed by atoms with Gasteiger partial charge in [0.2, 0.25) is 11.8 Å². The largest absolute Gasteiger partial charge is 0.483 e. The summed E-state index contributed by atoms with van der Waals surface area (Å²) in [5.41, 5.74) is 7.23. The van der Waals surface area contributed by atoms with Crippen LogP contribution in [0.4, 0.5) is 24.8 Å². The lowest BCUT2D eigenvalue weighted by molar-refractivity contribution is 0.134. The zero-order valence-corrected chi connectivity index (χ0v) is 24.2. The van der Waals surface area contributed by atoms with E-state index in [1.54, 1.807) is 16.7 Å². The molecule has 0 saturated carbocycles. The quantitative estimate of drug-likeness (QED) is 0.274. The molecule has 0 radical (unpaired) electrons. The minimum atomic E-state index is -1.26. The number of furan rings is 1. The molecule has 2 aliphatic heterocycles. The first-order valence-corrected chi connectivity index (χ1v) is 14.2. The molecule has 3 N–H and O–H groups in total. The van der Waals surface area contributed by atoms with Crippen LogP contribution in [0.1, 0.15) is 0 Å². The first-order valence-electron chi connectivity index (χ1n) is 13.4. The molecule has 6 heterocycles. The Labute approximate surface area is 252 Å². The van der Waals surface area contributed by atoms with Crippen LogP contribution in [0.5, 0.6) is 5.75 Å². The van der Waals surface area contributed by atoms with Crippen molar-refractivity contribution in [2.75, 3.05) is 56.4 Å². The van der Waals surface area contributed by atoms with E-state index in [-0.39, 0.29) is 47.8 Å². The highest BCUT2D eigenvalue weighted by Crippen LogP contribution is 2.31. The molecule has 2 fully saturated rings. The molecule has 7 rings (SSSR count). The van der Waals surface area contributed by atoms with E-state index in [0.29, 0.717) is 66.8 Å². The molecular formula is C26H27ClF3N9O3S. The molecule has 4 aromatic heterocycles. The SMILES string of the molecule is Cl.Nc1nc2c(sc(=O)n2CCN2CCN(c3cc(O[C@H]4CNC[C@@H]4F)c(F)cc3F)CC2)c2nc(-c3ccco3)nn12. The number of benzene rings is 1. The molecule has 228 valence electrons. The van der Waals surface area contributed by atoms with Crippen LogP contribution in [0.2, 0.25) is 0 Å². The summed E-state index contributed by atoms with van der Waals surface area (Å²) in [5.74, 6) is -0.829. The number of nitrogens with zero attached hydrogens (tertiary/aromatic N) is 7. The summed E-state index contributed by atoms with van der Waals surface area (Å²) in [7, 11) is 0. The monoisotopic (exact) mass is 637 g/mol. The Bertz CT molecular complexity index is 1820. The van der Waals surface area contributed by atoms with Crippen LogP contribution >= 0.6 is 23.7 Å². The van der Waals surface area contributed by atoms with Gasteiger partial charge in [0.1, 0.15) is 16.6 Å². The minimum Gasteiger partial charge on any atom is -0.483 e. The van der Waals surface area contributed by atoms with Crippen molar-refractivity contribution in [3.8, 4) is 17.3 Å². The number of aromatic nitrogens is 5. The number of alkyl halides is 1. The lowest BCUT2D eigenvalue weighted by Gasteiger charge is -2.36. The summed E-state index contributed by atoms with van der Waals surface area (Å²) in [4.78, 5) is 25.7. The molecule has 0 bridgehead atoms. The number of hydrogen-bond acceptors (Lipinski definition) is 11. The van der Waals surface area contributed by atoms with Crippen molar-refractivity contribution in [3.05, 3.63) is 51.8 Å². The number of halogens is 4. The zero-order chi connectivity index (χ0) is 29.0. The van der Waals surface area contributed by atoms with Crippen LogP contribution in [0.25, 0.3) is 27.6 Å². The predicted octanol–water partition coefficient (Wildman–Crippen LogP) is 2.55. The lowest BCUT2D eigenvalue weighted by Crippen LogP contribution is -2.47. The van der Waals surface area contributed by atoms with Gasteiger partial charge >= 0.3 is 4.87 Å². The van der Waals surface area contributed by atoms with Crippen LogP contribution in [0.15, 0.2) is 39.7 Å². The van der Waals surface area contributed by atoms with E-state index in [0.717, 1.165) is 17.4 Å². The number of anilines is 2. The van der Waals surface area contributed by atoms with Crippen LogP contribution in [0, 0.1) is 11.6 Å². The summed E-state index contributed by atoms with van der Waals surface area (Å²) >= 11 is 1.02. The molecule has 2 atom stereocenters. The molecule has 12 nitrogen and oxygen atoms in total. The van der Waals surface area contributed by atoms with Gasteiger partial charge in [0, 0.05) is 64.5 Å². The van der Waals surface area contributed by atoms with Gasteiger partial charge in [0.25, 0.3) is 0 Å². The number of thiazole rings is 1. The Morgan fingerprint density at radius 3 is 2.63 bits per heavy atom. The summed E-state index contributed by atoms with van der Waals surface area (Å²) < 4.78 is 57.6. The second-order valence-electron chi connectivity index (χ2n) is 10.2. The lowest BCUT2D eigenvalue weighted by atomic mass is 10.2. The van der Waals surface area contributed by atoms with Crippen molar-refractivity contribution in [1.82, 2.24) is 34.4 Å². The van der Waals surface area contributed by atoms with Crippen LogP contribution in [-0.2, 0) is 6.54 Å². The fourth-order valence-corrected chi connectivity index (χ4v) is 6.28. The third-order valence-corrected chi connectivity index (χ3v) is 8.54. The van der Waals surface area contributed by atoms with Crippen LogP contribution < -0.4 is 25.6 Å². The average molecular weight is 638 g/mol. The molecule has 0 aliphatic carbocycles. The number of nitrogens with two attached hydrogens (primary N) is 1. The Morgan fingerprint density at radius 2 is 1.91 bits per heavy atom. The van der Waals surface area contributed by atoms with E-state index >= 15 is 0 Å². The summed E-state index contributed by atoms with van der Waals surface area (Å²) in [6.45, 7) is 3.41. The van der Waals surface area contributed by atoms with Gasteiger partial charge in [-0.25, -0.2) is 18.2 Å². The van der Waals surface area contributed by atoms with E-state index in [1.165, 1.54) is 16.8 Å². The van der Waals surface area contributed by atoms with Crippen molar-refractivity contribution in [3.63, 3.8) is 0 Å². The molecule has 2 aliphatic rings. The number of fused-ring (bicyclic) bond motifs is 3. The predicted molar refractivity (Wildman–Crippen MR) is 157 cm³/mol. The number of ether oxygens (including phenoxy) is 1. The van der Waals surface area contributed by atoms with Gasteiger partial charge in [0.05, 0.1) is 12.0 Å². The Morgan fingerprint density at radius 1 is 1.09 bits per heavy atom. The van der Waals surface area contributed by atoms with Crippen LogP contribution in [-0.4, -0.2) is 87.1 Å². The summed E-state index contributed by atoms with van der Waals surface area (Å²) in [6.07, 6.45) is -0.566. The van der Waals surface area contributed by atoms with Gasteiger partial charge < -0.3 is 25.1 Å². The molecule has 0 unspecified atom stereocenters. The maximum atomic E-state index is 14.7. The molecule has 43 heavy (non-hydrogen) atoms. The maximum absolute atomic E-state index is 14.7. The van der Waals surface area contributed by atoms with Crippen molar-refractivity contribution >= 4 is 51.4 Å². The average Bonchev–Trinajstić information content (AvgIpc) is 3.77. The van der Waals surface area contributed by atoms with E-state index in [4.69, 9.17) is 14.9 Å². The number of nitrogen functional groups attached to an aromatic ring is 1. The van der Waals surface area contributed by atoms with Gasteiger partial charge in [-0.05, 0) is 12.1 Å². The Balaban J connectivity index is 0.00000329. The van der Waals surface area contributed by atoms with Crippen molar-refractivity contribution in [2.45, 2.75) is 18.8 Å². The number of hydrogen-bond donors (Lipinski definition) is 2. The van der Waals surface area contributed by atoms with E-state index in [2.05, 4.69) is 25.3 Å². The Kier molecular flexibility index (Phi) is 7.93. The topological polar surface area (TPSA) is 132 Å². The highest BCUT2D eigenvalue weighted by molar-refractivity contribution is 7.17. The van der Waals surface area contributed by atoms with Gasteiger partial charge in [-0.15, -0.1) is 17.5 Å². The molecule has 5 aromatic rings. The first kappa shape index (κ1) is 29.2. The second-order valence-corrected chi connectivity index (χ2v) is 11.1. The Hall–Kier alpha value is -3.86. The van der Waals surface area contributed by atoms with Crippen LogP contribution in [0.3, 0.4) is 0 Å². The smallest absolute Gasteiger partial charge is 0.309 e. The highest BCUT2D eigenvalue weighted by Gasteiger charge is 2.30. The first-order chi connectivity index (χ1) is 20.4. The van der Waals surface area contributed by atoms with Gasteiger partial charge in [0.15, 0.2) is 34.8 Å². The van der Waals surface area contributed by atoms with Gasteiger partial charge in [-0.2, -0.15) is 9.50 Å². The third-order valence-electron chi connectivity index (χ3n) is 7.58. The number of rotatable bonds is 7. The van der Waals surface area contributed by atoms with Crippen molar-refractivity contribution < 1.29 is 22.3 Å². The molecular weight excluding hydrogens is 611 g/mol.